The van der Waals surface area contributed by atoms with Crippen LogP contribution in [-0.4, -0.2) is 49.8 Å². The zero-order valence-electron chi connectivity index (χ0n) is 30.0. The molecule has 0 atom stereocenters. The molecule has 0 bridgehead atoms. The van der Waals surface area contributed by atoms with Gasteiger partial charge in [0, 0.05) is 19.6 Å². The van der Waals surface area contributed by atoms with Gasteiger partial charge in [-0.15, -0.1) is 0 Å². The first-order chi connectivity index (χ1) is 26.5. The zero-order chi connectivity index (χ0) is 37.0. The molecule has 0 saturated heterocycles. The lowest BCUT2D eigenvalue weighted by atomic mass is 10.2. The first kappa shape index (κ1) is 34.1. The summed E-state index contributed by atoms with van der Waals surface area (Å²) < 4.78 is 17.0. The number of nitrogens with one attached hydrogen (secondary N) is 2. The predicted molar refractivity (Wildman–Crippen MR) is 210 cm³/mol. The SMILES string of the molecule is COC(=O)c1ccc(-c2ccc(-c3ccc(-c4ccc(-c5ccc(C(=O)OC)[nH]5)n4Cc4ccccc4)n3Cc3ccccc3)n2Cc2ccccc2)[nH]1. The summed E-state index contributed by atoms with van der Waals surface area (Å²) in [6.45, 7) is 1.85. The summed E-state index contributed by atoms with van der Waals surface area (Å²) in [6, 6.07) is 51.5. The molecule has 0 saturated carbocycles. The second kappa shape index (κ2) is 14.9. The van der Waals surface area contributed by atoms with Crippen LogP contribution in [0.4, 0.5) is 0 Å². The molecule has 0 amide bonds. The molecular formula is C45H39N5O4. The number of esters is 2. The average Bonchev–Trinajstić information content (AvgIpc) is 4.06. The maximum Gasteiger partial charge on any atom is 0.354 e. The highest BCUT2D eigenvalue weighted by Crippen LogP contribution is 2.37. The minimum Gasteiger partial charge on any atom is -0.464 e. The van der Waals surface area contributed by atoms with E-state index in [0.717, 1.165) is 62.2 Å². The second-order valence-electron chi connectivity index (χ2n) is 13.1. The Morgan fingerprint density at radius 3 is 1.02 bits per heavy atom. The third-order valence-corrected chi connectivity index (χ3v) is 9.75. The molecule has 268 valence electrons. The van der Waals surface area contributed by atoms with Crippen LogP contribution in [0.2, 0.25) is 0 Å². The highest BCUT2D eigenvalue weighted by molar-refractivity contribution is 5.89. The van der Waals surface area contributed by atoms with Crippen LogP contribution in [0.1, 0.15) is 37.7 Å². The third-order valence-electron chi connectivity index (χ3n) is 9.75. The molecule has 0 radical (unpaired) electrons. The van der Waals surface area contributed by atoms with Crippen LogP contribution >= 0.6 is 0 Å². The van der Waals surface area contributed by atoms with Gasteiger partial charge in [-0.3, -0.25) is 0 Å². The minimum absolute atomic E-state index is 0.395. The number of rotatable bonds is 12. The number of methoxy groups -OCH3 is 2. The topological polar surface area (TPSA) is 99.0 Å². The Balaban J connectivity index is 1.31. The van der Waals surface area contributed by atoms with Gasteiger partial charge in [0.15, 0.2) is 0 Å². The van der Waals surface area contributed by atoms with Crippen molar-refractivity contribution in [3.8, 4) is 45.6 Å². The number of ether oxygens (including phenoxy) is 2. The van der Waals surface area contributed by atoms with Crippen molar-refractivity contribution in [2.24, 2.45) is 0 Å². The Morgan fingerprint density at radius 1 is 0.407 bits per heavy atom. The average molecular weight is 714 g/mol. The summed E-state index contributed by atoms with van der Waals surface area (Å²) in [7, 11) is 2.77. The molecule has 9 heteroatoms. The van der Waals surface area contributed by atoms with Gasteiger partial charge >= 0.3 is 11.9 Å². The number of hydrogen-bond acceptors (Lipinski definition) is 4. The first-order valence-electron chi connectivity index (χ1n) is 17.8. The number of hydrogen-bond donors (Lipinski definition) is 2. The molecule has 8 aromatic rings. The maximum absolute atomic E-state index is 12.4. The lowest BCUT2D eigenvalue weighted by Gasteiger charge is -2.19. The van der Waals surface area contributed by atoms with Gasteiger partial charge in [0.05, 0.1) is 59.8 Å². The normalized spacial score (nSPS) is 11.1. The van der Waals surface area contributed by atoms with Crippen molar-refractivity contribution in [1.82, 2.24) is 23.7 Å². The summed E-state index contributed by atoms with van der Waals surface area (Å²) in [5.41, 5.74) is 11.9. The number of aromatic amines is 2. The molecule has 2 N–H and O–H groups in total. The number of carbonyl (C=O) groups excluding carboxylic acids is 2. The molecule has 0 spiro atoms. The molecule has 0 aliphatic rings. The fourth-order valence-corrected chi connectivity index (χ4v) is 7.12. The van der Waals surface area contributed by atoms with Gasteiger partial charge in [0.2, 0.25) is 0 Å². The molecule has 9 nitrogen and oxygen atoms in total. The van der Waals surface area contributed by atoms with Crippen LogP contribution in [0.3, 0.4) is 0 Å². The number of H-pyrrole nitrogens is 2. The number of nitrogens with zero attached hydrogens (tertiary/aromatic N) is 3. The van der Waals surface area contributed by atoms with Crippen LogP contribution in [0.15, 0.2) is 152 Å². The van der Waals surface area contributed by atoms with E-state index in [1.165, 1.54) is 14.2 Å². The molecule has 3 aromatic carbocycles. The van der Waals surface area contributed by atoms with Crippen molar-refractivity contribution in [2.75, 3.05) is 14.2 Å². The Morgan fingerprint density at radius 2 is 0.704 bits per heavy atom. The highest BCUT2D eigenvalue weighted by atomic mass is 16.5. The van der Waals surface area contributed by atoms with Gasteiger partial charge in [0.1, 0.15) is 11.4 Å². The first-order valence-corrected chi connectivity index (χ1v) is 17.8. The van der Waals surface area contributed by atoms with Crippen LogP contribution in [-0.2, 0) is 29.1 Å². The summed E-state index contributed by atoms with van der Waals surface area (Å²) in [5.74, 6) is -0.828. The van der Waals surface area contributed by atoms with E-state index in [1.54, 1.807) is 12.1 Å². The molecule has 5 heterocycles. The van der Waals surface area contributed by atoms with Crippen LogP contribution in [0, 0.1) is 0 Å². The molecule has 54 heavy (non-hydrogen) atoms. The second-order valence-corrected chi connectivity index (χ2v) is 13.1. The highest BCUT2D eigenvalue weighted by Gasteiger charge is 2.23. The van der Waals surface area contributed by atoms with Crippen LogP contribution in [0.5, 0.6) is 0 Å². The summed E-state index contributed by atoms with van der Waals surface area (Å²) in [6.07, 6.45) is 0. The smallest absolute Gasteiger partial charge is 0.354 e. The number of aromatic nitrogens is 5. The Labute approximate surface area is 313 Å². The summed E-state index contributed by atoms with van der Waals surface area (Å²) >= 11 is 0. The van der Waals surface area contributed by atoms with E-state index in [1.807, 2.05) is 30.3 Å². The minimum atomic E-state index is -0.414. The summed E-state index contributed by atoms with van der Waals surface area (Å²) in [4.78, 5) is 31.4. The van der Waals surface area contributed by atoms with Gasteiger partial charge in [-0.05, 0) is 77.4 Å². The summed E-state index contributed by atoms with van der Waals surface area (Å²) in [5, 5.41) is 0. The maximum atomic E-state index is 12.4. The van der Waals surface area contributed by atoms with Crippen molar-refractivity contribution < 1.29 is 19.1 Å². The molecule has 5 aromatic heterocycles. The third kappa shape index (κ3) is 6.70. The van der Waals surface area contributed by atoms with Crippen molar-refractivity contribution in [3.05, 3.63) is 180 Å². The molecular weight excluding hydrogens is 675 g/mol. The Kier molecular flexibility index (Phi) is 9.43. The quantitative estimate of drug-likeness (QED) is 0.123. The van der Waals surface area contributed by atoms with E-state index in [4.69, 9.17) is 9.47 Å². The van der Waals surface area contributed by atoms with Gasteiger partial charge in [0.25, 0.3) is 0 Å². The van der Waals surface area contributed by atoms with Gasteiger partial charge < -0.3 is 33.1 Å². The van der Waals surface area contributed by atoms with Crippen molar-refractivity contribution in [3.63, 3.8) is 0 Å². The zero-order valence-corrected chi connectivity index (χ0v) is 30.0. The van der Waals surface area contributed by atoms with Gasteiger partial charge in [-0.25, -0.2) is 9.59 Å². The standard InChI is InChI=1S/C45H39N5O4/c1-53-44(51)36-20-18-34(46-36)38-22-24-40(48(38)28-31-12-6-3-7-13-31)42-26-27-43(50(42)30-33-16-10-5-11-17-33)41-25-23-39(35-19-21-37(47-35)45(52)54-2)49(41)29-32-14-8-4-9-15-32/h3-27,46-47H,28-30H2,1-2H3. The molecule has 0 aliphatic heterocycles. The van der Waals surface area contributed by atoms with Gasteiger partial charge in [-0.1, -0.05) is 91.0 Å². The van der Waals surface area contributed by atoms with Crippen molar-refractivity contribution in [2.45, 2.75) is 19.6 Å². The van der Waals surface area contributed by atoms with Crippen molar-refractivity contribution in [1.29, 1.82) is 0 Å². The largest absolute Gasteiger partial charge is 0.464 e. The van der Waals surface area contributed by atoms with E-state index in [2.05, 4.69) is 133 Å². The lowest BCUT2D eigenvalue weighted by molar-refractivity contribution is 0.0586. The van der Waals surface area contributed by atoms with E-state index >= 15 is 0 Å². The van der Waals surface area contributed by atoms with Crippen molar-refractivity contribution >= 4 is 11.9 Å². The van der Waals surface area contributed by atoms with Crippen LogP contribution < -0.4 is 0 Å². The fourth-order valence-electron chi connectivity index (χ4n) is 7.12. The molecule has 0 fully saturated rings. The monoisotopic (exact) mass is 713 g/mol. The lowest BCUT2D eigenvalue weighted by Crippen LogP contribution is -2.11. The molecule has 8 rings (SSSR count). The Bertz CT molecular complexity index is 2380. The van der Waals surface area contributed by atoms with E-state index in [0.29, 0.717) is 31.0 Å². The number of carbonyl (C=O) groups is 2. The van der Waals surface area contributed by atoms with E-state index in [9.17, 15) is 9.59 Å². The van der Waals surface area contributed by atoms with E-state index in [-0.39, 0.29) is 0 Å². The molecule has 0 aliphatic carbocycles. The van der Waals surface area contributed by atoms with E-state index < -0.39 is 11.9 Å². The van der Waals surface area contributed by atoms with Crippen LogP contribution in [0.25, 0.3) is 45.6 Å². The number of benzene rings is 3. The fraction of sp³-hybridized carbons (Fsp3) is 0.111. The van der Waals surface area contributed by atoms with Gasteiger partial charge in [-0.2, -0.15) is 0 Å². The predicted octanol–water partition coefficient (Wildman–Crippen LogP) is 9.13. The molecule has 0 unspecified atom stereocenters. The Hall–Kier alpha value is -7.00.